The van der Waals surface area contributed by atoms with Crippen molar-refractivity contribution in [2.75, 3.05) is 0 Å². The van der Waals surface area contributed by atoms with Crippen molar-refractivity contribution in [2.24, 2.45) is 5.41 Å². The summed E-state index contributed by atoms with van der Waals surface area (Å²) in [6.07, 6.45) is 8.14. The summed E-state index contributed by atoms with van der Waals surface area (Å²) >= 11 is 0. The van der Waals surface area contributed by atoms with E-state index in [1.165, 1.54) is 5.57 Å². The van der Waals surface area contributed by atoms with Crippen LogP contribution in [-0.4, -0.2) is 0 Å². The van der Waals surface area contributed by atoms with Crippen molar-refractivity contribution in [1.82, 2.24) is 0 Å². The number of rotatable bonds is 0. The summed E-state index contributed by atoms with van der Waals surface area (Å²) < 4.78 is 0. The molecule has 1 rings (SSSR count). The molecule has 1 radical (unpaired) electrons. The predicted octanol–water partition coefficient (Wildman–Crippen LogP) is -0.110. The maximum absolute atomic E-state index is 3.00. The first kappa shape index (κ1) is 14.7. The summed E-state index contributed by atoms with van der Waals surface area (Å²) in [6, 6.07) is 0. The number of hydrogen-bond donors (Lipinski definition) is 0. The van der Waals surface area contributed by atoms with Gasteiger partial charge >= 0.3 is 0 Å². The molecule has 0 bridgehead atoms. The van der Waals surface area contributed by atoms with Gasteiger partial charge in [0.1, 0.15) is 0 Å². The summed E-state index contributed by atoms with van der Waals surface area (Å²) in [5, 5.41) is 0. The average Bonchev–Trinajstić information content (AvgIpc) is 1.88. The Labute approximate surface area is 94.0 Å². The minimum Gasteiger partial charge on any atom is -1.00 e. The fraction of sp³-hybridized carbons (Fsp3) is 0.400. The van der Waals surface area contributed by atoms with Crippen LogP contribution in [0.3, 0.4) is 0 Å². The smallest absolute Gasteiger partial charge is 0.0168 e. The van der Waals surface area contributed by atoms with Crippen LogP contribution in [0, 0.1) is 11.8 Å². The average molecular weight is 234 g/mol. The number of allylic oxidation sites excluding steroid dienone is 3. The predicted molar refractivity (Wildman–Crippen MR) is 44.5 cm³/mol. The molecule has 0 nitrogen and oxygen atoms in total. The molecule has 0 aromatic heterocycles. The molecule has 0 saturated carbocycles. The van der Waals surface area contributed by atoms with Crippen molar-refractivity contribution in [3.05, 3.63) is 36.0 Å². The van der Waals surface area contributed by atoms with Crippen LogP contribution in [-0.2, 0) is 19.5 Å². The van der Waals surface area contributed by atoms with Crippen LogP contribution in [0.5, 0.6) is 0 Å². The van der Waals surface area contributed by atoms with Crippen LogP contribution in [0.2, 0.25) is 0 Å². The van der Waals surface area contributed by atoms with Gasteiger partial charge in [-0.1, -0.05) is 32.4 Å². The maximum Gasteiger partial charge on any atom is 0.0168 e. The van der Waals surface area contributed by atoms with Gasteiger partial charge in [-0.15, -0.1) is 5.73 Å². The van der Waals surface area contributed by atoms with E-state index < -0.39 is 0 Å². The van der Waals surface area contributed by atoms with E-state index in [1.807, 2.05) is 12.2 Å². The van der Waals surface area contributed by atoms with Crippen molar-refractivity contribution >= 4 is 0 Å². The third-order valence-electron chi connectivity index (χ3n) is 1.58. The first-order valence-corrected chi connectivity index (χ1v) is 3.57. The molecule has 63 valence electrons. The topological polar surface area (TPSA) is 0 Å². The normalized spacial score (nSPS) is 14.4. The fourth-order valence-electron chi connectivity index (χ4n) is 0.887. The van der Waals surface area contributed by atoms with Gasteiger partial charge in [0.05, 0.1) is 0 Å². The molecule has 0 atom stereocenters. The molecule has 2 heteroatoms. The standard InChI is InChI=1S/C10H13.ClH.Zn/c1-10(2,3)9-7-5-4-6-8-9;;/h5-8H,1-3H3;1H;/p-1. The van der Waals surface area contributed by atoms with E-state index in [4.69, 9.17) is 0 Å². The minimum absolute atomic E-state index is 0. The molecule has 0 fully saturated rings. The Hall–Kier alpha value is 0.173. The molecule has 12 heavy (non-hydrogen) atoms. The molecule has 1 aliphatic carbocycles. The summed E-state index contributed by atoms with van der Waals surface area (Å²) in [7, 11) is 0. The number of halogens is 1. The molecule has 0 heterocycles. The number of hydrogen-bond acceptors (Lipinski definition) is 0. The van der Waals surface area contributed by atoms with E-state index in [0.29, 0.717) is 0 Å². The van der Waals surface area contributed by atoms with Crippen molar-refractivity contribution in [3.63, 3.8) is 0 Å². The molecular weight excluding hydrogens is 221 g/mol. The SMILES string of the molecule is CC(C)(C)C1=CC=C=C[CH]1.[Cl-].[Zn]. The largest absolute Gasteiger partial charge is 1.00 e. The molecule has 0 spiro atoms. The van der Waals surface area contributed by atoms with E-state index in [2.05, 4.69) is 39.0 Å². The van der Waals surface area contributed by atoms with Crippen LogP contribution in [0.15, 0.2) is 29.5 Å². The van der Waals surface area contributed by atoms with Crippen molar-refractivity contribution in [2.45, 2.75) is 20.8 Å². The maximum atomic E-state index is 3.00. The third-order valence-corrected chi connectivity index (χ3v) is 1.58. The monoisotopic (exact) mass is 232 g/mol. The van der Waals surface area contributed by atoms with E-state index >= 15 is 0 Å². The molecule has 0 unspecified atom stereocenters. The Morgan fingerprint density at radius 1 is 1.17 bits per heavy atom. The van der Waals surface area contributed by atoms with Gasteiger partial charge in [-0.25, -0.2) is 0 Å². The second-order valence-electron chi connectivity index (χ2n) is 3.54. The Morgan fingerprint density at radius 3 is 2.00 bits per heavy atom. The molecule has 1 aliphatic rings. The van der Waals surface area contributed by atoms with Crippen LogP contribution < -0.4 is 12.4 Å². The Balaban J connectivity index is 0. The molecule has 0 aliphatic heterocycles. The Kier molecular flexibility index (Phi) is 7.04. The van der Waals surface area contributed by atoms with Crippen LogP contribution >= 0.6 is 0 Å². The summed E-state index contributed by atoms with van der Waals surface area (Å²) in [5.41, 5.74) is 4.64. The van der Waals surface area contributed by atoms with Crippen LogP contribution in [0.25, 0.3) is 0 Å². The Morgan fingerprint density at radius 2 is 1.75 bits per heavy atom. The van der Waals surface area contributed by atoms with Crippen molar-refractivity contribution in [3.8, 4) is 0 Å². The van der Waals surface area contributed by atoms with E-state index in [9.17, 15) is 0 Å². The van der Waals surface area contributed by atoms with E-state index in [0.717, 1.165) is 0 Å². The van der Waals surface area contributed by atoms with Gasteiger partial charge in [-0.2, -0.15) is 0 Å². The zero-order valence-electron chi connectivity index (χ0n) is 7.89. The van der Waals surface area contributed by atoms with E-state index in [-0.39, 0.29) is 37.3 Å². The quantitative estimate of drug-likeness (QED) is 0.405. The van der Waals surface area contributed by atoms with E-state index in [1.54, 1.807) is 0 Å². The zero-order valence-corrected chi connectivity index (χ0v) is 11.6. The van der Waals surface area contributed by atoms with Crippen molar-refractivity contribution < 1.29 is 31.9 Å². The fourth-order valence-corrected chi connectivity index (χ4v) is 0.887. The second kappa shape index (κ2) is 5.76. The van der Waals surface area contributed by atoms with Gasteiger partial charge in [0.25, 0.3) is 0 Å². The van der Waals surface area contributed by atoms with Gasteiger partial charge in [-0.05, 0) is 17.6 Å². The van der Waals surface area contributed by atoms with Gasteiger partial charge in [0, 0.05) is 25.9 Å². The van der Waals surface area contributed by atoms with Gasteiger partial charge in [-0.3, -0.25) is 0 Å². The van der Waals surface area contributed by atoms with Crippen molar-refractivity contribution in [1.29, 1.82) is 0 Å². The third kappa shape index (κ3) is 4.26. The summed E-state index contributed by atoms with van der Waals surface area (Å²) in [6.45, 7) is 6.63. The van der Waals surface area contributed by atoms with Gasteiger partial charge in [0.15, 0.2) is 0 Å². The molecule has 0 aromatic carbocycles. The van der Waals surface area contributed by atoms with Gasteiger partial charge in [0.2, 0.25) is 0 Å². The molecule has 0 amide bonds. The summed E-state index contributed by atoms with van der Waals surface area (Å²) in [4.78, 5) is 0. The first-order chi connectivity index (χ1) is 4.61. The second-order valence-corrected chi connectivity index (χ2v) is 3.54. The van der Waals surface area contributed by atoms with Crippen LogP contribution in [0.4, 0.5) is 0 Å². The molecule has 0 saturated heterocycles. The molecular formula is C10H13ClZn-. The minimum atomic E-state index is 0. The molecule has 0 N–H and O–H groups in total. The van der Waals surface area contributed by atoms with Gasteiger partial charge < -0.3 is 12.4 Å². The van der Waals surface area contributed by atoms with Crippen LogP contribution in [0.1, 0.15) is 20.8 Å². The first-order valence-electron chi connectivity index (χ1n) is 3.57. The molecule has 0 aromatic rings. The Bertz CT molecular complexity index is 214. The zero-order chi connectivity index (χ0) is 7.61. The summed E-state index contributed by atoms with van der Waals surface area (Å²) in [5.74, 6) is 0.